The van der Waals surface area contributed by atoms with Gasteiger partial charge in [0, 0.05) is 15.2 Å². The smallest absolute Gasteiger partial charge is 0.295 e. The van der Waals surface area contributed by atoms with Crippen LogP contribution in [-0.2, 0) is 4.79 Å². The molecule has 34 heavy (non-hydrogen) atoms. The summed E-state index contributed by atoms with van der Waals surface area (Å²) >= 11 is 9.60. The van der Waals surface area contributed by atoms with Crippen LogP contribution in [-0.4, -0.2) is 18.4 Å². The molecule has 0 bridgehead atoms. The van der Waals surface area contributed by atoms with Crippen LogP contribution in [0.5, 0.6) is 5.75 Å². The molecule has 9 heteroatoms. The Morgan fingerprint density at radius 2 is 1.85 bits per heavy atom. The van der Waals surface area contributed by atoms with Gasteiger partial charge < -0.3 is 14.9 Å². The number of anilines is 1. The highest BCUT2D eigenvalue weighted by Gasteiger charge is 2.43. The Labute approximate surface area is 206 Å². The van der Waals surface area contributed by atoms with Crippen LogP contribution in [0.25, 0.3) is 11.0 Å². The molecule has 0 spiro atoms. The van der Waals surface area contributed by atoms with Crippen LogP contribution in [0, 0.1) is 0 Å². The molecule has 7 nitrogen and oxygen atoms in total. The highest BCUT2D eigenvalue weighted by Crippen LogP contribution is 2.42. The number of halogens is 2. The summed E-state index contributed by atoms with van der Waals surface area (Å²) in [6.07, 6.45) is 0. The average Bonchev–Trinajstić information content (AvgIpc) is 3.11. The second kappa shape index (κ2) is 8.62. The minimum absolute atomic E-state index is 0.0150. The molecular formula is C25H16BrClN2O5. The fraction of sp³-hybridized carbons (Fsp3) is 0.0800. The van der Waals surface area contributed by atoms with Crippen molar-refractivity contribution in [1.82, 2.24) is 0 Å². The Bertz CT molecular complexity index is 1520. The lowest BCUT2D eigenvalue weighted by molar-refractivity contribution is -0.119. The normalized spacial score (nSPS) is 14.9. The van der Waals surface area contributed by atoms with E-state index in [0.717, 1.165) is 4.47 Å². The number of hydrogen-bond acceptors (Lipinski definition) is 5. The van der Waals surface area contributed by atoms with Gasteiger partial charge in [-0.1, -0.05) is 45.7 Å². The van der Waals surface area contributed by atoms with Gasteiger partial charge in [0.05, 0.1) is 17.0 Å². The Hall–Kier alpha value is -3.62. The molecule has 1 aliphatic heterocycles. The minimum atomic E-state index is -0.759. The molecule has 0 radical (unpaired) electrons. The molecular weight excluding hydrogens is 524 g/mol. The van der Waals surface area contributed by atoms with Crippen LogP contribution in [0.15, 0.2) is 80.4 Å². The predicted molar refractivity (Wildman–Crippen MR) is 131 cm³/mol. The van der Waals surface area contributed by atoms with Crippen molar-refractivity contribution < 1.29 is 18.7 Å². The van der Waals surface area contributed by atoms with Gasteiger partial charge in [-0.15, -0.1) is 0 Å². The number of primary amides is 1. The van der Waals surface area contributed by atoms with Crippen molar-refractivity contribution in [3.63, 3.8) is 0 Å². The van der Waals surface area contributed by atoms with E-state index in [1.165, 1.54) is 4.90 Å². The van der Waals surface area contributed by atoms with E-state index in [0.29, 0.717) is 33.0 Å². The standard InChI is InChI=1S/C25H16BrClN2O5/c26-14-6-9-19-18(10-14)23(31)21-22(13-4-7-17(8-5-13)33-12-20(28)30)29(25(32)24(21)34-19)16-3-1-2-15(27)11-16/h1-11,22H,12H2,(H2,28,30). The lowest BCUT2D eigenvalue weighted by Crippen LogP contribution is -2.29. The van der Waals surface area contributed by atoms with Crippen LogP contribution < -0.4 is 20.8 Å². The van der Waals surface area contributed by atoms with E-state index >= 15 is 0 Å². The van der Waals surface area contributed by atoms with Crippen molar-refractivity contribution in [2.24, 2.45) is 5.73 Å². The molecule has 170 valence electrons. The first-order valence-corrected chi connectivity index (χ1v) is 11.4. The number of carbonyl (C=O) groups is 2. The van der Waals surface area contributed by atoms with Crippen molar-refractivity contribution >= 4 is 56.0 Å². The Morgan fingerprint density at radius 3 is 2.56 bits per heavy atom. The first kappa shape index (κ1) is 22.2. The molecule has 0 saturated heterocycles. The van der Waals surface area contributed by atoms with Gasteiger partial charge in [-0.25, -0.2) is 0 Å². The van der Waals surface area contributed by atoms with Crippen LogP contribution in [0.3, 0.4) is 0 Å². The molecule has 1 aliphatic rings. The van der Waals surface area contributed by atoms with Gasteiger partial charge in [0.25, 0.3) is 11.8 Å². The van der Waals surface area contributed by atoms with E-state index in [4.69, 9.17) is 26.5 Å². The monoisotopic (exact) mass is 538 g/mol. The van der Waals surface area contributed by atoms with Gasteiger partial charge in [-0.2, -0.15) is 0 Å². The average molecular weight is 540 g/mol. The summed E-state index contributed by atoms with van der Waals surface area (Å²) in [7, 11) is 0. The van der Waals surface area contributed by atoms with Crippen molar-refractivity contribution in [1.29, 1.82) is 0 Å². The summed E-state index contributed by atoms with van der Waals surface area (Å²) in [5.41, 5.74) is 6.57. The van der Waals surface area contributed by atoms with Gasteiger partial charge in [-0.3, -0.25) is 19.3 Å². The third-order valence-corrected chi connectivity index (χ3v) is 6.22. The second-order valence-electron chi connectivity index (χ2n) is 7.70. The third-order valence-electron chi connectivity index (χ3n) is 5.50. The number of carbonyl (C=O) groups excluding carboxylic acids is 2. The van der Waals surface area contributed by atoms with E-state index in [9.17, 15) is 14.4 Å². The molecule has 1 atom stereocenters. The quantitative estimate of drug-likeness (QED) is 0.392. The molecule has 2 amide bonds. The maximum Gasteiger partial charge on any atom is 0.295 e. The van der Waals surface area contributed by atoms with Crippen LogP contribution in [0.1, 0.15) is 27.7 Å². The lowest BCUT2D eigenvalue weighted by Gasteiger charge is -2.25. The molecule has 2 N–H and O–H groups in total. The molecule has 3 aromatic carbocycles. The number of fused-ring (bicyclic) bond motifs is 2. The number of ether oxygens (including phenoxy) is 1. The Balaban J connectivity index is 1.70. The molecule has 0 saturated carbocycles. The van der Waals surface area contributed by atoms with Gasteiger partial charge in [0.15, 0.2) is 12.0 Å². The zero-order valence-electron chi connectivity index (χ0n) is 17.5. The van der Waals surface area contributed by atoms with Crippen molar-refractivity contribution in [2.45, 2.75) is 6.04 Å². The molecule has 4 aromatic rings. The van der Waals surface area contributed by atoms with Gasteiger partial charge in [-0.05, 0) is 54.1 Å². The Morgan fingerprint density at radius 1 is 1.09 bits per heavy atom. The maximum absolute atomic E-state index is 13.6. The Kier molecular flexibility index (Phi) is 5.63. The molecule has 2 heterocycles. The van der Waals surface area contributed by atoms with Gasteiger partial charge in [0.1, 0.15) is 11.3 Å². The minimum Gasteiger partial charge on any atom is -0.484 e. The topological polar surface area (TPSA) is 103 Å². The summed E-state index contributed by atoms with van der Waals surface area (Å²) in [5.74, 6) is -0.629. The fourth-order valence-electron chi connectivity index (χ4n) is 4.05. The van der Waals surface area contributed by atoms with Crippen molar-refractivity contribution in [2.75, 3.05) is 11.5 Å². The molecule has 0 aliphatic carbocycles. The van der Waals surface area contributed by atoms with E-state index < -0.39 is 17.9 Å². The summed E-state index contributed by atoms with van der Waals surface area (Å²) in [5, 5.41) is 0.809. The molecule has 1 aromatic heterocycles. The molecule has 0 fully saturated rings. The summed E-state index contributed by atoms with van der Waals surface area (Å²) in [6.45, 7) is -0.261. The highest BCUT2D eigenvalue weighted by molar-refractivity contribution is 9.10. The van der Waals surface area contributed by atoms with Crippen LogP contribution in [0.4, 0.5) is 5.69 Å². The zero-order chi connectivity index (χ0) is 24.0. The summed E-state index contributed by atoms with van der Waals surface area (Å²) in [4.78, 5) is 39.7. The number of benzene rings is 3. The van der Waals surface area contributed by atoms with Crippen molar-refractivity contribution in [3.05, 3.63) is 103 Å². The molecule has 1 unspecified atom stereocenters. The van der Waals surface area contributed by atoms with Crippen LogP contribution in [0.2, 0.25) is 5.02 Å². The van der Waals surface area contributed by atoms with Gasteiger partial charge in [0.2, 0.25) is 5.76 Å². The lowest BCUT2D eigenvalue weighted by atomic mass is 9.98. The molecule has 5 rings (SSSR count). The van der Waals surface area contributed by atoms with E-state index in [-0.39, 0.29) is 23.4 Å². The highest BCUT2D eigenvalue weighted by atomic mass is 79.9. The summed E-state index contributed by atoms with van der Waals surface area (Å²) in [6, 6.07) is 17.9. The van der Waals surface area contributed by atoms with Crippen molar-refractivity contribution in [3.8, 4) is 5.75 Å². The number of nitrogens with zero attached hydrogens (tertiary/aromatic N) is 1. The number of rotatable bonds is 5. The van der Waals surface area contributed by atoms with Gasteiger partial charge >= 0.3 is 0 Å². The number of nitrogens with two attached hydrogens (primary N) is 1. The zero-order valence-corrected chi connectivity index (χ0v) is 19.8. The maximum atomic E-state index is 13.6. The number of amides is 2. The fourth-order valence-corrected chi connectivity index (χ4v) is 4.60. The second-order valence-corrected chi connectivity index (χ2v) is 9.05. The first-order chi connectivity index (χ1) is 16.3. The van der Waals surface area contributed by atoms with E-state index in [1.54, 1.807) is 66.7 Å². The van der Waals surface area contributed by atoms with Crippen LogP contribution >= 0.6 is 27.5 Å². The predicted octanol–water partition coefficient (Wildman–Crippen LogP) is 4.82. The van der Waals surface area contributed by atoms with E-state index in [1.807, 2.05) is 0 Å². The first-order valence-electron chi connectivity index (χ1n) is 10.2. The third kappa shape index (κ3) is 3.85. The summed E-state index contributed by atoms with van der Waals surface area (Å²) < 4.78 is 12.0. The number of hydrogen-bond donors (Lipinski definition) is 1. The SMILES string of the molecule is NC(=O)COc1ccc(C2c3c(oc4ccc(Br)cc4c3=O)C(=O)N2c2cccc(Cl)c2)cc1. The van der Waals surface area contributed by atoms with E-state index in [2.05, 4.69) is 15.9 Å². The largest absolute Gasteiger partial charge is 0.484 e.